The fourth-order valence-electron chi connectivity index (χ4n) is 3.02. The van der Waals surface area contributed by atoms with Crippen molar-refractivity contribution >= 4 is 0 Å². The van der Waals surface area contributed by atoms with Gasteiger partial charge in [0.25, 0.3) is 0 Å². The number of nitrogens with zero attached hydrogens (tertiary/aromatic N) is 1. The van der Waals surface area contributed by atoms with E-state index < -0.39 is 0 Å². The van der Waals surface area contributed by atoms with Gasteiger partial charge in [0.05, 0.1) is 0 Å². The Kier molecular flexibility index (Phi) is 4.45. The van der Waals surface area contributed by atoms with Crippen LogP contribution in [0.5, 0.6) is 0 Å². The predicted octanol–water partition coefficient (Wildman–Crippen LogP) is 2.25. The van der Waals surface area contributed by atoms with Crippen LogP contribution in [-0.2, 0) is 0 Å². The summed E-state index contributed by atoms with van der Waals surface area (Å²) in [6.07, 6.45) is 8.49. The molecule has 0 saturated carbocycles. The standard InChI is InChI=1S/C13H26N2/c1-12-6-5-9-15(10-12)11-13-7-3-2-4-8-14-13/h12-14H,2-11H2,1H3/t12-,13+/m1/s1. The van der Waals surface area contributed by atoms with Crippen molar-refractivity contribution in [2.75, 3.05) is 26.2 Å². The summed E-state index contributed by atoms with van der Waals surface area (Å²) < 4.78 is 0. The molecule has 2 aliphatic heterocycles. The van der Waals surface area contributed by atoms with Crippen LogP contribution in [0.3, 0.4) is 0 Å². The Bertz CT molecular complexity index is 173. The highest BCUT2D eigenvalue weighted by Gasteiger charge is 2.20. The summed E-state index contributed by atoms with van der Waals surface area (Å²) in [6, 6.07) is 0.776. The molecule has 88 valence electrons. The van der Waals surface area contributed by atoms with Crippen LogP contribution in [-0.4, -0.2) is 37.1 Å². The molecule has 0 aromatic heterocycles. The van der Waals surface area contributed by atoms with Gasteiger partial charge in [-0.05, 0) is 44.7 Å². The van der Waals surface area contributed by atoms with Crippen LogP contribution < -0.4 is 5.32 Å². The van der Waals surface area contributed by atoms with Crippen molar-refractivity contribution in [3.8, 4) is 0 Å². The zero-order chi connectivity index (χ0) is 10.5. The van der Waals surface area contributed by atoms with Gasteiger partial charge in [0, 0.05) is 19.1 Å². The van der Waals surface area contributed by atoms with E-state index in [1.54, 1.807) is 0 Å². The number of hydrogen-bond donors (Lipinski definition) is 1. The first kappa shape index (κ1) is 11.4. The zero-order valence-electron chi connectivity index (χ0n) is 10.2. The molecule has 2 saturated heterocycles. The average Bonchev–Trinajstić information content (AvgIpc) is 2.46. The molecule has 2 nitrogen and oxygen atoms in total. The maximum atomic E-state index is 3.70. The number of rotatable bonds is 2. The molecule has 2 aliphatic rings. The summed E-state index contributed by atoms with van der Waals surface area (Å²) in [7, 11) is 0. The van der Waals surface area contributed by atoms with Gasteiger partial charge in [-0.2, -0.15) is 0 Å². The van der Waals surface area contributed by atoms with Gasteiger partial charge < -0.3 is 10.2 Å². The Morgan fingerprint density at radius 3 is 2.93 bits per heavy atom. The highest BCUT2D eigenvalue weighted by Crippen LogP contribution is 2.17. The minimum atomic E-state index is 0.776. The molecule has 0 aromatic rings. The number of hydrogen-bond acceptors (Lipinski definition) is 2. The molecule has 0 aliphatic carbocycles. The number of likely N-dealkylation sites (tertiary alicyclic amines) is 1. The number of nitrogens with one attached hydrogen (secondary N) is 1. The van der Waals surface area contributed by atoms with Crippen LogP contribution in [0.1, 0.15) is 45.4 Å². The largest absolute Gasteiger partial charge is 0.313 e. The van der Waals surface area contributed by atoms with Crippen LogP contribution in [0.2, 0.25) is 0 Å². The van der Waals surface area contributed by atoms with E-state index in [1.165, 1.54) is 64.7 Å². The lowest BCUT2D eigenvalue weighted by molar-refractivity contribution is 0.165. The van der Waals surface area contributed by atoms with Crippen molar-refractivity contribution in [3.05, 3.63) is 0 Å². The van der Waals surface area contributed by atoms with Gasteiger partial charge in [0.2, 0.25) is 0 Å². The quantitative estimate of drug-likeness (QED) is 0.752. The van der Waals surface area contributed by atoms with Crippen molar-refractivity contribution in [1.82, 2.24) is 10.2 Å². The Hall–Kier alpha value is -0.0800. The van der Waals surface area contributed by atoms with E-state index in [2.05, 4.69) is 17.1 Å². The molecule has 1 N–H and O–H groups in total. The summed E-state index contributed by atoms with van der Waals surface area (Å²) in [4.78, 5) is 2.68. The van der Waals surface area contributed by atoms with Crippen molar-refractivity contribution in [2.45, 2.75) is 51.5 Å². The Labute approximate surface area is 94.4 Å². The van der Waals surface area contributed by atoms with Gasteiger partial charge in [0.15, 0.2) is 0 Å². The normalized spacial score (nSPS) is 35.0. The lowest BCUT2D eigenvalue weighted by Gasteiger charge is -2.33. The van der Waals surface area contributed by atoms with E-state index in [1.807, 2.05) is 0 Å². The summed E-state index contributed by atoms with van der Waals surface area (Å²) in [5, 5.41) is 3.70. The van der Waals surface area contributed by atoms with Crippen LogP contribution in [0.25, 0.3) is 0 Å². The fourth-order valence-corrected chi connectivity index (χ4v) is 3.02. The van der Waals surface area contributed by atoms with Crippen molar-refractivity contribution in [1.29, 1.82) is 0 Å². The van der Waals surface area contributed by atoms with E-state index in [-0.39, 0.29) is 0 Å². The van der Waals surface area contributed by atoms with Gasteiger partial charge in [0.1, 0.15) is 0 Å². The molecule has 0 aromatic carbocycles. The average molecular weight is 210 g/mol. The highest BCUT2D eigenvalue weighted by atomic mass is 15.2. The fraction of sp³-hybridized carbons (Fsp3) is 1.00. The summed E-state index contributed by atoms with van der Waals surface area (Å²) in [5.74, 6) is 0.921. The summed E-state index contributed by atoms with van der Waals surface area (Å²) >= 11 is 0. The molecule has 2 fully saturated rings. The number of piperidine rings is 1. The minimum Gasteiger partial charge on any atom is -0.313 e. The third kappa shape index (κ3) is 3.76. The minimum absolute atomic E-state index is 0.776. The Balaban J connectivity index is 1.74. The molecule has 0 unspecified atom stereocenters. The van der Waals surface area contributed by atoms with Crippen LogP contribution in [0, 0.1) is 5.92 Å². The lowest BCUT2D eigenvalue weighted by Crippen LogP contribution is -2.44. The molecule has 2 atom stereocenters. The molecule has 0 amide bonds. The molecular weight excluding hydrogens is 184 g/mol. The van der Waals surface area contributed by atoms with Gasteiger partial charge >= 0.3 is 0 Å². The first-order valence-electron chi connectivity index (χ1n) is 6.80. The van der Waals surface area contributed by atoms with E-state index in [4.69, 9.17) is 0 Å². The molecule has 0 bridgehead atoms. The van der Waals surface area contributed by atoms with Gasteiger partial charge in [-0.25, -0.2) is 0 Å². The van der Waals surface area contributed by atoms with Crippen LogP contribution >= 0.6 is 0 Å². The third-order valence-electron chi connectivity index (χ3n) is 3.88. The van der Waals surface area contributed by atoms with E-state index in [9.17, 15) is 0 Å². The van der Waals surface area contributed by atoms with Crippen molar-refractivity contribution < 1.29 is 0 Å². The van der Waals surface area contributed by atoms with E-state index in [0.717, 1.165) is 12.0 Å². The maximum Gasteiger partial charge on any atom is 0.0195 e. The Morgan fingerprint density at radius 1 is 1.13 bits per heavy atom. The van der Waals surface area contributed by atoms with Crippen LogP contribution in [0.15, 0.2) is 0 Å². The topological polar surface area (TPSA) is 15.3 Å². The summed E-state index contributed by atoms with van der Waals surface area (Å²) in [5.41, 5.74) is 0. The first-order valence-corrected chi connectivity index (χ1v) is 6.80. The van der Waals surface area contributed by atoms with Crippen LogP contribution in [0.4, 0.5) is 0 Å². The molecule has 2 rings (SSSR count). The SMILES string of the molecule is C[C@@H]1CCCN(C[C@@H]2CCCCCN2)C1. The van der Waals surface area contributed by atoms with Gasteiger partial charge in [-0.15, -0.1) is 0 Å². The second kappa shape index (κ2) is 5.86. The summed E-state index contributed by atoms with van der Waals surface area (Å²) in [6.45, 7) is 7.60. The second-order valence-corrected chi connectivity index (χ2v) is 5.51. The zero-order valence-corrected chi connectivity index (χ0v) is 10.2. The molecule has 0 radical (unpaired) electrons. The van der Waals surface area contributed by atoms with Crippen molar-refractivity contribution in [2.24, 2.45) is 5.92 Å². The monoisotopic (exact) mass is 210 g/mol. The van der Waals surface area contributed by atoms with E-state index in [0.29, 0.717) is 0 Å². The molecule has 2 heteroatoms. The Morgan fingerprint density at radius 2 is 2.07 bits per heavy atom. The highest BCUT2D eigenvalue weighted by molar-refractivity contribution is 4.78. The van der Waals surface area contributed by atoms with Gasteiger partial charge in [-0.1, -0.05) is 19.8 Å². The molecule has 2 heterocycles. The van der Waals surface area contributed by atoms with E-state index >= 15 is 0 Å². The molecule has 0 spiro atoms. The predicted molar refractivity (Wildman–Crippen MR) is 65.1 cm³/mol. The molecular formula is C13H26N2. The van der Waals surface area contributed by atoms with Crippen molar-refractivity contribution in [3.63, 3.8) is 0 Å². The third-order valence-corrected chi connectivity index (χ3v) is 3.88. The second-order valence-electron chi connectivity index (χ2n) is 5.51. The lowest BCUT2D eigenvalue weighted by atomic mass is 9.99. The first-order chi connectivity index (χ1) is 7.34. The smallest absolute Gasteiger partial charge is 0.0195 e. The molecule has 15 heavy (non-hydrogen) atoms. The van der Waals surface area contributed by atoms with Gasteiger partial charge in [-0.3, -0.25) is 0 Å². The maximum absolute atomic E-state index is 3.70.